The summed E-state index contributed by atoms with van der Waals surface area (Å²) in [5.74, 6) is 1.73. The number of benzene rings is 2. The largest absolute Gasteiger partial charge is 0.495 e. The van der Waals surface area contributed by atoms with Crippen LogP contribution in [0.2, 0.25) is 5.02 Å². The van der Waals surface area contributed by atoms with Crippen LogP contribution in [0, 0.1) is 0 Å². The molecule has 7 heteroatoms. The summed E-state index contributed by atoms with van der Waals surface area (Å²) in [7, 11) is 1.53. The van der Waals surface area contributed by atoms with Crippen molar-refractivity contribution in [2.24, 2.45) is 0 Å². The number of carbonyl (C=O) groups is 1. The maximum atomic E-state index is 11.9. The molecule has 0 aliphatic rings. The summed E-state index contributed by atoms with van der Waals surface area (Å²) in [6.07, 6.45) is 0. The van der Waals surface area contributed by atoms with Crippen molar-refractivity contribution in [3.05, 3.63) is 47.5 Å². The minimum atomic E-state index is -0.412. The molecule has 2 aromatic carbocycles. The smallest absolute Gasteiger partial charge is 0.321 e. The molecule has 2 aromatic rings. The van der Waals surface area contributed by atoms with Crippen molar-refractivity contribution in [3.63, 3.8) is 0 Å². The summed E-state index contributed by atoms with van der Waals surface area (Å²) in [5.41, 5.74) is 0.549. The van der Waals surface area contributed by atoms with Gasteiger partial charge in [-0.25, -0.2) is 4.79 Å². The van der Waals surface area contributed by atoms with Gasteiger partial charge in [-0.05, 0) is 37.3 Å². The number of nitrogens with one attached hydrogen (secondary N) is 2. The number of methoxy groups -OCH3 is 1. The van der Waals surface area contributed by atoms with E-state index in [1.165, 1.54) is 7.11 Å². The molecule has 0 aliphatic heterocycles. The van der Waals surface area contributed by atoms with Gasteiger partial charge >= 0.3 is 6.03 Å². The SMILES string of the molecule is CCOc1ccccc1OCNC(=O)Nc1ccc(OC)c(Cl)c1. The van der Waals surface area contributed by atoms with E-state index in [-0.39, 0.29) is 6.73 Å². The molecule has 0 bridgehead atoms. The first-order valence-electron chi connectivity index (χ1n) is 7.37. The molecule has 0 radical (unpaired) electrons. The van der Waals surface area contributed by atoms with E-state index in [2.05, 4.69) is 10.6 Å². The van der Waals surface area contributed by atoms with Gasteiger partial charge in [0.25, 0.3) is 0 Å². The van der Waals surface area contributed by atoms with Gasteiger partial charge in [0.2, 0.25) is 0 Å². The van der Waals surface area contributed by atoms with Crippen molar-refractivity contribution in [1.82, 2.24) is 5.32 Å². The predicted molar refractivity (Wildman–Crippen MR) is 93.3 cm³/mol. The summed E-state index contributed by atoms with van der Waals surface area (Å²) in [6.45, 7) is 2.43. The molecule has 0 saturated carbocycles. The standard InChI is InChI=1S/C17H19ClN2O4/c1-3-23-15-6-4-5-7-16(15)24-11-19-17(21)20-12-8-9-14(22-2)13(18)10-12/h4-10H,3,11H2,1-2H3,(H2,19,20,21). The highest BCUT2D eigenvalue weighted by molar-refractivity contribution is 6.32. The number of halogens is 1. The molecule has 0 heterocycles. The molecule has 2 N–H and O–H groups in total. The van der Waals surface area contributed by atoms with Crippen molar-refractivity contribution in [2.45, 2.75) is 6.92 Å². The second kappa shape index (κ2) is 8.88. The van der Waals surface area contributed by atoms with E-state index in [4.69, 9.17) is 25.8 Å². The zero-order chi connectivity index (χ0) is 17.4. The van der Waals surface area contributed by atoms with Crippen LogP contribution >= 0.6 is 11.6 Å². The average molecular weight is 351 g/mol. The van der Waals surface area contributed by atoms with Crippen LogP contribution in [0.25, 0.3) is 0 Å². The molecule has 0 spiro atoms. The Kier molecular flexibility index (Phi) is 6.57. The Balaban J connectivity index is 1.84. The van der Waals surface area contributed by atoms with Gasteiger partial charge in [-0.3, -0.25) is 0 Å². The monoisotopic (exact) mass is 350 g/mol. The first-order valence-corrected chi connectivity index (χ1v) is 7.75. The van der Waals surface area contributed by atoms with E-state index >= 15 is 0 Å². The number of amides is 2. The molecular weight excluding hydrogens is 332 g/mol. The Morgan fingerprint density at radius 2 is 1.79 bits per heavy atom. The van der Waals surface area contributed by atoms with Crippen LogP contribution < -0.4 is 24.8 Å². The van der Waals surface area contributed by atoms with Crippen molar-refractivity contribution in [3.8, 4) is 17.2 Å². The lowest BCUT2D eigenvalue weighted by atomic mass is 10.3. The Morgan fingerprint density at radius 3 is 2.42 bits per heavy atom. The van der Waals surface area contributed by atoms with Crippen molar-refractivity contribution in [2.75, 3.05) is 25.8 Å². The number of carbonyl (C=O) groups excluding carboxylic acids is 1. The molecule has 0 unspecified atom stereocenters. The number of hydrogen-bond acceptors (Lipinski definition) is 4. The normalized spacial score (nSPS) is 9.96. The van der Waals surface area contributed by atoms with Crippen LogP contribution in [-0.2, 0) is 0 Å². The topological polar surface area (TPSA) is 68.8 Å². The highest BCUT2D eigenvalue weighted by Crippen LogP contribution is 2.27. The van der Waals surface area contributed by atoms with Gasteiger partial charge < -0.3 is 24.8 Å². The van der Waals surface area contributed by atoms with Crippen molar-refractivity contribution in [1.29, 1.82) is 0 Å². The molecule has 2 amide bonds. The zero-order valence-corrected chi connectivity index (χ0v) is 14.2. The summed E-state index contributed by atoms with van der Waals surface area (Å²) in [6, 6.07) is 11.8. The fourth-order valence-electron chi connectivity index (χ4n) is 1.94. The van der Waals surface area contributed by atoms with Gasteiger partial charge in [0.1, 0.15) is 5.75 Å². The molecular formula is C17H19ClN2O4. The highest BCUT2D eigenvalue weighted by Gasteiger charge is 2.07. The van der Waals surface area contributed by atoms with Crippen LogP contribution in [0.5, 0.6) is 17.2 Å². The van der Waals surface area contributed by atoms with Crippen LogP contribution in [0.3, 0.4) is 0 Å². The van der Waals surface area contributed by atoms with E-state index in [0.717, 1.165) is 0 Å². The van der Waals surface area contributed by atoms with E-state index in [0.29, 0.717) is 34.6 Å². The van der Waals surface area contributed by atoms with E-state index in [1.807, 2.05) is 19.1 Å². The number of ether oxygens (including phenoxy) is 3. The zero-order valence-electron chi connectivity index (χ0n) is 13.5. The van der Waals surface area contributed by atoms with Gasteiger partial charge in [0.05, 0.1) is 18.7 Å². The van der Waals surface area contributed by atoms with E-state index in [9.17, 15) is 4.79 Å². The predicted octanol–water partition coefficient (Wildman–Crippen LogP) is 3.91. The van der Waals surface area contributed by atoms with Gasteiger partial charge in [-0.2, -0.15) is 0 Å². The number of urea groups is 1. The Hall–Kier alpha value is -2.60. The Morgan fingerprint density at radius 1 is 1.08 bits per heavy atom. The van der Waals surface area contributed by atoms with Crippen LogP contribution in [0.4, 0.5) is 10.5 Å². The lowest BCUT2D eigenvalue weighted by Gasteiger charge is -2.13. The van der Waals surface area contributed by atoms with E-state index in [1.54, 1.807) is 30.3 Å². The molecule has 128 valence electrons. The van der Waals surface area contributed by atoms with Crippen LogP contribution in [0.1, 0.15) is 6.92 Å². The molecule has 0 saturated heterocycles. The molecule has 0 aromatic heterocycles. The van der Waals surface area contributed by atoms with Gasteiger partial charge in [0, 0.05) is 5.69 Å². The van der Waals surface area contributed by atoms with E-state index < -0.39 is 6.03 Å². The molecule has 0 aliphatic carbocycles. The van der Waals surface area contributed by atoms with Crippen molar-refractivity contribution >= 4 is 23.3 Å². The maximum absolute atomic E-state index is 11.9. The van der Waals surface area contributed by atoms with Gasteiger partial charge in [-0.1, -0.05) is 23.7 Å². The minimum Gasteiger partial charge on any atom is -0.495 e. The maximum Gasteiger partial charge on any atom is 0.321 e. The third-order valence-corrected chi connectivity index (χ3v) is 3.31. The fraction of sp³-hybridized carbons (Fsp3) is 0.235. The lowest BCUT2D eigenvalue weighted by Crippen LogP contribution is -2.32. The quantitative estimate of drug-likeness (QED) is 0.743. The summed E-state index contributed by atoms with van der Waals surface area (Å²) in [4.78, 5) is 11.9. The number of hydrogen-bond donors (Lipinski definition) is 2. The number of anilines is 1. The highest BCUT2D eigenvalue weighted by atomic mass is 35.5. The average Bonchev–Trinajstić information content (AvgIpc) is 2.57. The molecule has 0 atom stereocenters. The molecule has 24 heavy (non-hydrogen) atoms. The lowest BCUT2D eigenvalue weighted by molar-refractivity contribution is 0.229. The summed E-state index contributed by atoms with van der Waals surface area (Å²) >= 11 is 6.01. The van der Waals surface area contributed by atoms with Gasteiger partial charge in [0.15, 0.2) is 18.2 Å². The number of para-hydroxylation sites is 2. The third kappa shape index (κ3) is 4.96. The summed E-state index contributed by atoms with van der Waals surface area (Å²) < 4.78 is 16.0. The van der Waals surface area contributed by atoms with Gasteiger partial charge in [-0.15, -0.1) is 0 Å². The number of rotatable bonds is 7. The summed E-state index contributed by atoms with van der Waals surface area (Å²) in [5, 5.41) is 5.67. The first kappa shape index (κ1) is 17.7. The van der Waals surface area contributed by atoms with Crippen LogP contribution in [0.15, 0.2) is 42.5 Å². The molecule has 6 nitrogen and oxygen atoms in total. The second-order valence-electron chi connectivity index (χ2n) is 4.65. The minimum absolute atomic E-state index is 0.000191. The fourth-order valence-corrected chi connectivity index (χ4v) is 2.20. The molecule has 0 fully saturated rings. The van der Waals surface area contributed by atoms with Crippen LogP contribution in [-0.4, -0.2) is 26.5 Å². The second-order valence-corrected chi connectivity index (χ2v) is 5.06. The van der Waals surface area contributed by atoms with Crippen molar-refractivity contribution < 1.29 is 19.0 Å². The third-order valence-electron chi connectivity index (χ3n) is 3.02. The Bertz CT molecular complexity index is 694. The Labute approximate surface area is 145 Å². The molecule has 2 rings (SSSR count). The first-order chi connectivity index (χ1) is 11.6.